The molecule has 6 aliphatic rings. The minimum atomic E-state index is -1.92. The number of hydrogen-bond donors (Lipinski definition) is 22. The summed E-state index contributed by atoms with van der Waals surface area (Å²) in [6.07, 6.45) is -9.45. The lowest BCUT2D eigenvalue weighted by atomic mass is 9.92. The number of benzene rings is 2. The van der Waals surface area contributed by atoms with Crippen molar-refractivity contribution in [1.82, 2.24) is 0 Å². The minimum absolute atomic E-state index is 0.00885. The van der Waals surface area contributed by atoms with Crippen LogP contribution >= 0.6 is 0 Å². The summed E-state index contributed by atoms with van der Waals surface area (Å²) in [5.41, 5.74) is 5.37. The maximum atomic E-state index is 13.0. The van der Waals surface area contributed by atoms with E-state index in [-0.39, 0.29) is 56.6 Å². The predicted octanol–water partition coefficient (Wildman–Crippen LogP) is -0.812. The lowest BCUT2D eigenvalue weighted by molar-refractivity contribution is -0.327. The molecule has 6 saturated heterocycles. The Balaban J connectivity index is 0.000000410. The number of Topliss-reactive ketones (excluding diaryl/α,β-unsaturated/α-hetero) is 1. The van der Waals surface area contributed by atoms with Gasteiger partial charge in [-0.2, -0.15) is 0 Å². The number of rotatable bonds is 41. The molecule has 0 spiro atoms. The van der Waals surface area contributed by atoms with Gasteiger partial charge < -0.3 is 188 Å². The highest BCUT2D eigenvalue weighted by Gasteiger charge is 2.53. The van der Waals surface area contributed by atoms with E-state index in [1.807, 2.05) is 51.2 Å². The summed E-state index contributed by atoms with van der Waals surface area (Å²) >= 11 is 0. The number of carbonyl (C=O) groups excluding carboxylic acids is 6. The summed E-state index contributed by atoms with van der Waals surface area (Å²) in [6.45, 7) is 11.7. The fraction of sp³-hybridized carbons (Fsp3) is 0.500. The van der Waals surface area contributed by atoms with E-state index in [4.69, 9.17) is 75.8 Å². The van der Waals surface area contributed by atoms with Gasteiger partial charge in [-0.05, 0) is 115 Å². The van der Waals surface area contributed by atoms with Crippen LogP contribution in [0.25, 0.3) is 12.2 Å². The fourth-order valence-corrected chi connectivity index (χ4v) is 14.0. The second kappa shape index (κ2) is 58.6. The normalized spacial score (nSPS) is 32.2. The summed E-state index contributed by atoms with van der Waals surface area (Å²) < 4.78 is 86.4. The van der Waals surface area contributed by atoms with E-state index in [1.165, 1.54) is 103 Å². The Labute approximate surface area is 829 Å². The zero-order chi connectivity index (χ0) is 107. The Hall–Kier alpha value is -10.7. The molecule has 30 atom stereocenters. The number of aliphatic hydroxyl groups is 20. The number of hydrogen-bond acceptors (Lipinski definition) is 44. The molecule has 44 nitrogen and oxygen atoms in total. The van der Waals surface area contributed by atoms with Gasteiger partial charge in [0.15, 0.2) is 47.7 Å². The van der Waals surface area contributed by atoms with Crippen molar-refractivity contribution in [2.45, 2.75) is 261 Å². The summed E-state index contributed by atoms with van der Waals surface area (Å²) in [6, 6.07) is 5.61. The first-order chi connectivity index (χ1) is 68.2. The molecule has 796 valence electrons. The zero-order valence-electron chi connectivity index (χ0n) is 81.0. The minimum Gasteiger partial charge on any atom is -0.504 e. The van der Waals surface area contributed by atoms with Crippen LogP contribution in [-0.4, -0.2) is 380 Å². The Morgan fingerprint density at radius 3 is 0.868 bits per heavy atom. The molecule has 6 heterocycles. The van der Waals surface area contributed by atoms with Crippen molar-refractivity contribution in [3.63, 3.8) is 0 Å². The average Bonchev–Trinajstić information content (AvgIpc) is 0.801. The lowest BCUT2D eigenvalue weighted by Gasteiger charge is -2.43. The molecule has 0 bridgehead atoms. The molecule has 0 saturated carbocycles. The molecule has 12 unspecified atom stereocenters. The van der Waals surface area contributed by atoms with Gasteiger partial charge in [0.05, 0.1) is 60.0 Å². The molecule has 2 aromatic rings. The molecule has 44 heteroatoms. The van der Waals surface area contributed by atoms with Gasteiger partial charge in [-0.25, -0.2) is 24.0 Å². The van der Waals surface area contributed by atoms with Gasteiger partial charge in [0, 0.05) is 45.9 Å². The van der Waals surface area contributed by atoms with E-state index < -0.39 is 267 Å². The van der Waals surface area contributed by atoms with Gasteiger partial charge in [0.2, 0.25) is 18.9 Å². The molecule has 144 heavy (non-hydrogen) atoms. The fourth-order valence-electron chi connectivity index (χ4n) is 14.0. The van der Waals surface area contributed by atoms with Crippen molar-refractivity contribution in [2.75, 3.05) is 53.9 Å². The number of allylic oxidation sites excluding steroid dienone is 25. The first-order valence-electron chi connectivity index (χ1n) is 45.4. The van der Waals surface area contributed by atoms with Crippen molar-refractivity contribution in [3.05, 3.63) is 225 Å². The van der Waals surface area contributed by atoms with Crippen molar-refractivity contribution < 1.29 is 217 Å². The largest absolute Gasteiger partial charge is 0.504 e. The monoisotopic (exact) mass is 2040 g/mol. The van der Waals surface area contributed by atoms with Crippen molar-refractivity contribution in [2.24, 2.45) is 5.92 Å². The molecule has 0 amide bonds. The number of carbonyl (C=O) groups is 6. The van der Waals surface area contributed by atoms with E-state index in [0.717, 1.165) is 34.4 Å². The van der Waals surface area contributed by atoms with Crippen LogP contribution in [0.3, 0.4) is 0 Å². The van der Waals surface area contributed by atoms with Gasteiger partial charge in [-0.1, -0.05) is 151 Å². The van der Waals surface area contributed by atoms with E-state index in [0.29, 0.717) is 16.7 Å². The average molecular weight is 2040 g/mol. The molecule has 22 N–H and O–H groups in total. The highest BCUT2D eigenvalue weighted by Crippen LogP contribution is 2.37. The highest BCUT2D eigenvalue weighted by atomic mass is 16.8. The Kier molecular flexibility index (Phi) is 49.0. The second-order valence-corrected chi connectivity index (χ2v) is 34.4. The van der Waals surface area contributed by atoms with E-state index >= 15 is 0 Å². The molecule has 0 aliphatic carbocycles. The van der Waals surface area contributed by atoms with Crippen LogP contribution in [0.1, 0.15) is 91.5 Å². The van der Waals surface area contributed by atoms with E-state index in [1.54, 1.807) is 86.8 Å². The Morgan fingerprint density at radius 2 is 0.569 bits per heavy atom. The number of ether oxygens (including phenoxy) is 16. The number of esters is 5. The van der Waals surface area contributed by atoms with Gasteiger partial charge >= 0.3 is 29.8 Å². The summed E-state index contributed by atoms with van der Waals surface area (Å²) in [7, 11) is 2.61. The quantitative estimate of drug-likeness (QED) is 0.0167. The SMILES string of the molecule is COc1cc(/C=C/C(=O)OCC2O[C@@H](OCC3O[C@@H](OC(=O)/C(C)=C/C=C/C(C)=C/C=C/C=C(C)/C=C/C=C(\C)C(=O)O[C@@H]4OC(CO[C@@H]5OC(CO)[C@@H](O)[C@H](O)C5O)[C@@H](O)[C@H](O)C4C)C(O)[C@@H](O)[C@@H]3O)C(O)[C@@H](O)[C@@H]2O)cc(CO)c1O.COc1cc(/C=C/C(=O)OCC2O[C@@H](OCC3O[C@@H](OC(=O)/C(C)=C/C=C/C(C)=C/C=C/C=C(C)/C=C/C=C(\C)C(C)=O)C(O)[C@@H](O)[C@@H]3O)C(O)[C@@H](O)[C@@H]2O)cc(CO)c1O. The smallest absolute Gasteiger partial charge is 0.336 e. The van der Waals surface area contributed by atoms with Gasteiger partial charge in [0.1, 0.15) is 148 Å². The molecule has 6 aliphatic heterocycles. The standard InChI is InChI=1S/C56H76O27.C44H56O17/c1-26(13-9-15-28(3)51(72)82-53-30(5)39(60)42(63)36(79-53)24-76-54-48(69)45(66)41(62)34(22-58)78-54)11-7-8-12-27(2)14-10-16-29(4)52(73)83-56-50(71)47(68)44(65)37(81-56)25-77-55-49(70)46(67)43(64)35(80-55)23-75-38(59)18-17-31-19-32(21-57)40(61)33(20-31)74-6;1-24(13-9-15-26(3)28(5)46)11-7-8-12-25(2)14-10-16-27(4)42(55)61-44-41(54)39(52)37(50)33(60-44)23-58-43-40(53)38(51)36(49)32(59-43)22-57-34(47)18-17-29-19-30(21-45)35(48)31(20-29)56-6/h7-20,30,34-37,39,41-50,53-58,60-71H,21-25H2,1-6H3;7-20,32-33,36-41,43-45,48-54H,21-23H2,1-6H3/b8-7+,13-9+,14-10+,18-17+,26-11+,27-12+,28-15+,29-16+;8-7+,13-9+,14-10+,18-17+,24-11+,25-12+,26-15+,27-16+/t30?,34?,35?,36?,37?,39-,41-,42-,43-,44-,45+,46+,47+,48?,49?,50?,53+,54-,55-,56+;32?,33?,36-,37-,38+,39+,40?,41?,43-,44+/m11/s1. The van der Waals surface area contributed by atoms with Crippen molar-refractivity contribution in [3.8, 4) is 23.0 Å². The Morgan fingerprint density at radius 1 is 0.306 bits per heavy atom. The molecule has 2 aromatic carbocycles. The van der Waals surface area contributed by atoms with Crippen LogP contribution < -0.4 is 9.47 Å². The van der Waals surface area contributed by atoms with Gasteiger partial charge in [0.25, 0.3) is 0 Å². The first-order valence-corrected chi connectivity index (χ1v) is 45.4. The maximum Gasteiger partial charge on any atom is 0.336 e. The summed E-state index contributed by atoms with van der Waals surface area (Å²) in [5, 5.41) is 227. The van der Waals surface area contributed by atoms with Crippen LogP contribution in [-0.2, 0) is 108 Å². The summed E-state index contributed by atoms with van der Waals surface area (Å²) in [5.74, 6) is -5.80. The zero-order valence-corrected chi connectivity index (χ0v) is 81.0. The van der Waals surface area contributed by atoms with Crippen LogP contribution in [0.4, 0.5) is 0 Å². The van der Waals surface area contributed by atoms with Crippen LogP contribution in [0.2, 0.25) is 0 Å². The number of phenols is 2. The number of aliphatic hydroxyl groups excluding tert-OH is 20. The molecule has 6 fully saturated rings. The van der Waals surface area contributed by atoms with Crippen molar-refractivity contribution >= 4 is 47.8 Å². The van der Waals surface area contributed by atoms with Crippen LogP contribution in [0, 0.1) is 5.92 Å². The first kappa shape index (κ1) is 120. The number of aromatic hydroxyl groups is 2. The molecule has 0 aromatic heterocycles. The lowest BCUT2D eigenvalue weighted by Crippen LogP contribution is -2.62. The van der Waals surface area contributed by atoms with Crippen LogP contribution in [0.15, 0.2) is 203 Å². The van der Waals surface area contributed by atoms with Gasteiger partial charge in [-0.3, -0.25) is 4.79 Å². The van der Waals surface area contributed by atoms with Gasteiger partial charge in [-0.15, -0.1) is 0 Å². The van der Waals surface area contributed by atoms with Crippen LogP contribution in [0.5, 0.6) is 23.0 Å². The van der Waals surface area contributed by atoms with E-state index in [2.05, 4.69) is 0 Å². The third kappa shape index (κ3) is 35.0. The molecular weight excluding hydrogens is 1910 g/mol. The Bertz CT molecular complexity index is 5050. The third-order valence-corrected chi connectivity index (χ3v) is 23.2. The molecule has 8 rings (SSSR count). The topological polar surface area (TPSA) is 695 Å². The highest BCUT2D eigenvalue weighted by molar-refractivity contribution is 5.93. The van der Waals surface area contributed by atoms with E-state index in [9.17, 15) is 141 Å². The summed E-state index contributed by atoms with van der Waals surface area (Å²) in [4.78, 5) is 75.2. The van der Waals surface area contributed by atoms with Crippen molar-refractivity contribution in [1.29, 1.82) is 0 Å². The maximum absolute atomic E-state index is 13.0. The molecule has 0 radical (unpaired) electrons. The molecular formula is C100H132O44. The number of methoxy groups -OCH3 is 2. The number of ketones is 1. The third-order valence-electron chi connectivity index (χ3n) is 23.2. The predicted molar refractivity (Wildman–Crippen MR) is 503 cm³/mol. The second-order valence-electron chi connectivity index (χ2n) is 34.4.